The van der Waals surface area contributed by atoms with Crippen molar-refractivity contribution in [3.8, 4) is 11.5 Å². The highest BCUT2D eigenvalue weighted by Gasteiger charge is 2.17. The molecule has 1 amide bonds. The molecule has 2 rings (SSSR count). The monoisotopic (exact) mass is 343 g/mol. The minimum atomic E-state index is -0.528. The molecule has 0 aromatic heterocycles. The van der Waals surface area contributed by atoms with Gasteiger partial charge in [0.05, 0.1) is 31.0 Å². The van der Waals surface area contributed by atoms with Crippen LogP contribution in [0.3, 0.4) is 0 Å². The fourth-order valence-corrected chi connectivity index (χ4v) is 2.13. The maximum absolute atomic E-state index is 12.5. The van der Waals surface area contributed by atoms with E-state index in [2.05, 4.69) is 10.1 Å². The van der Waals surface area contributed by atoms with E-state index in [4.69, 9.17) is 9.47 Å². The van der Waals surface area contributed by atoms with Crippen LogP contribution in [0.4, 0.5) is 5.69 Å². The molecule has 130 valence electrons. The molecule has 25 heavy (non-hydrogen) atoms. The van der Waals surface area contributed by atoms with Gasteiger partial charge in [-0.05, 0) is 30.3 Å². The summed E-state index contributed by atoms with van der Waals surface area (Å²) >= 11 is 0. The van der Waals surface area contributed by atoms with Crippen molar-refractivity contribution in [2.45, 2.75) is 6.92 Å². The zero-order valence-electron chi connectivity index (χ0n) is 14.0. The molecule has 0 heterocycles. The summed E-state index contributed by atoms with van der Waals surface area (Å²) in [5.41, 5.74) is 0.840. The largest absolute Gasteiger partial charge is 0.495 e. The second kappa shape index (κ2) is 7.96. The third kappa shape index (κ3) is 4.35. The third-order valence-electron chi connectivity index (χ3n) is 3.26. The van der Waals surface area contributed by atoms with Gasteiger partial charge in [-0.3, -0.25) is 9.59 Å². The van der Waals surface area contributed by atoms with Crippen LogP contribution in [0.15, 0.2) is 42.5 Å². The van der Waals surface area contributed by atoms with Crippen LogP contribution in [-0.4, -0.2) is 32.1 Å². The van der Waals surface area contributed by atoms with Crippen LogP contribution >= 0.6 is 0 Å². The molecule has 0 saturated heterocycles. The van der Waals surface area contributed by atoms with Crippen LogP contribution in [0.2, 0.25) is 0 Å². The number of anilines is 1. The van der Waals surface area contributed by atoms with Gasteiger partial charge < -0.3 is 19.5 Å². The van der Waals surface area contributed by atoms with Gasteiger partial charge in [-0.15, -0.1) is 0 Å². The van der Waals surface area contributed by atoms with Gasteiger partial charge in [0.25, 0.3) is 5.91 Å². The number of nitrogens with one attached hydrogen (secondary N) is 1. The maximum Gasteiger partial charge on any atom is 0.337 e. The molecule has 0 saturated carbocycles. The van der Waals surface area contributed by atoms with Crippen molar-refractivity contribution in [1.82, 2.24) is 0 Å². The van der Waals surface area contributed by atoms with Crippen molar-refractivity contribution < 1.29 is 28.6 Å². The fraction of sp³-hybridized carbons (Fsp3) is 0.167. The van der Waals surface area contributed by atoms with Crippen LogP contribution in [0.1, 0.15) is 27.6 Å². The second-order valence-corrected chi connectivity index (χ2v) is 4.95. The number of ether oxygens (including phenoxy) is 3. The lowest BCUT2D eigenvalue weighted by Crippen LogP contribution is -2.15. The van der Waals surface area contributed by atoms with Crippen molar-refractivity contribution >= 4 is 23.5 Å². The number of rotatable bonds is 5. The summed E-state index contributed by atoms with van der Waals surface area (Å²) in [4.78, 5) is 35.2. The molecular formula is C18H17NO6. The van der Waals surface area contributed by atoms with Gasteiger partial charge in [-0.25, -0.2) is 4.79 Å². The first kappa shape index (κ1) is 18.0. The lowest BCUT2D eigenvalue weighted by molar-refractivity contribution is -0.131. The van der Waals surface area contributed by atoms with E-state index in [0.717, 1.165) is 0 Å². The minimum Gasteiger partial charge on any atom is -0.495 e. The van der Waals surface area contributed by atoms with E-state index in [0.29, 0.717) is 11.4 Å². The summed E-state index contributed by atoms with van der Waals surface area (Å²) in [7, 11) is 2.69. The zero-order chi connectivity index (χ0) is 18.4. The fourth-order valence-electron chi connectivity index (χ4n) is 2.13. The van der Waals surface area contributed by atoms with Gasteiger partial charge in [-0.1, -0.05) is 12.1 Å². The van der Waals surface area contributed by atoms with Gasteiger partial charge in [-0.2, -0.15) is 0 Å². The quantitative estimate of drug-likeness (QED) is 0.663. The van der Waals surface area contributed by atoms with Crippen LogP contribution in [-0.2, 0) is 9.53 Å². The molecule has 2 aromatic carbocycles. The molecule has 2 aromatic rings. The number of carbonyl (C=O) groups excluding carboxylic acids is 3. The van der Waals surface area contributed by atoms with E-state index in [1.165, 1.54) is 51.5 Å². The number of carbonyl (C=O) groups is 3. The third-order valence-corrected chi connectivity index (χ3v) is 3.26. The Bertz CT molecular complexity index is 815. The van der Waals surface area contributed by atoms with E-state index in [1.54, 1.807) is 12.1 Å². The Balaban J connectivity index is 2.29. The molecule has 7 nitrogen and oxygen atoms in total. The molecule has 0 unspecified atom stereocenters. The Kier molecular flexibility index (Phi) is 5.73. The standard InChI is InChI=1S/C18H17NO6/c1-11(20)25-15-7-5-4-6-13(15)17(21)19-14-9-8-12(18(22)24-3)10-16(14)23-2/h4-10H,1-3H3,(H,19,21). The molecule has 0 bridgehead atoms. The SMILES string of the molecule is COC(=O)c1ccc(NC(=O)c2ccccc2OC(C)=O)c(OC)c1. The van der Waals surface area contributed by atoms with Crippen LogP contribution in [0.5, 0.6) is 11.5 Å². The van der Waals surface area contributed by atoms with Crippen molar-refractivity contribution in [2.75, 3.05) is 19.5 Å². The van der Waals surface area contributed by atoms with Crippen LogP contribution in [0, 0.1) is 0 Å². The summed E-state index contributed by atoms with van der Waals surface area (Å²) in [5, 5.41) is 2.67. The van der Waals surface area contributed by atoms with E-state index in [-0.39, 0.29) is 16.9 Å². The predicted octanol–water partition coefficient (Wildman–Crippen LogP) is 2.66. The summed E-state index contributed by atoms with van der Waals surface area (Å²) in [6, 6.07) is 10.8. The van der Waals surface area contributed by atoms with Crippen molar-refractivity contribution in [1.29, 1.82) is 0 Å². The Hall–Kier alpha value is -3.35. The van der Waals surface area contributed by atoms with E-state index in [1.807, 2.05) is 0 Å². The highest BCUT2D eigenvalue weighted by atomic mass is 16.5. The number of esters is 2. The maximum atomic E-state index is 12.5. The average Bonchev–Trinajstić information content (AvgIpc) is 2.61. The summed E-state index contributed by atoms with van der Waals surface area (Å²) < 4.78 is 14.9. The van der Waals surface area contributed by atoms with E-state index in [9.17, 15) is 14.4 Å². The van der Waals surface area contributed by atoms with Crippen molar-refractivity contribution in [3.63, 3.8) is 0 Å². The van der Waals surface area contributed by atoms with Gasteiger partial charge >= 0.3 is 11.9 Å². The number of para-hydroxylation sites is 1. The molecule has 0 atom stereocenters. The number of benzene rings is 2. The lowest BCUT2D eigenvalue weighted by Gasteiger charge is -2.13. The molecular weight excluding hydrogens is 326 g/mol. The summed E-state index contributed by atoms with van der Waals surface area (Å²) in [6.45, 7) is 1.25. The van der Waals surface area contributed by atoms with Crippen molar-refractivity contribution in [3.05, 3.63) is 53.6 Å². The van der Waals surface area contributed by atoms with Gasteiger partial charge in [0, 0.05) is 6.92 Å². The molecule has 0 fully saturated rings. The Morgan fingerprint density at radius 1 is 0.960 bits per heavy atom. The Morgan fingerprint density at radius 3 is 2.32 bits per heavy atom. The zero-order valence-corrected chi connectivity index (χ0v) is 14.0. The molecule has 1 N–H and O–H groups in total. The summed E-state index contributed by atoms with van der Waals surface area (Å²) in [6.07, 6.45) is 0. The highest BCUT2D eigenvalue weighted by molar-refractivity contribution is 6.07. The highest BCUT2D eigenvalue weighted by Crippen LogP contribution is 2.28. The van der Waals surface area contributed by atoms with Crippen molar-refractivity contribution in [2.24, 2.45) is 0 Å². The molecule has 0 aliphatic rings. The second-order valence-electron chi connectivity index (χ2n) is 4.95. The first-order chi connectivity index (χ1) is 12.0. The molecule has 0 aliphatic carbocycles. The number of amides is 1. The molecule has 0 radical (unpaired) electrons. The smallest absolute Gasteiger partial charge is 0.337 e. The molecule has 0 aliphatic heterocycles. The number of hydrogen-bond donors (Lipinski definition) is 1. The van der Waals surface area contributed by atoms with Gasteiger partial charge in [0.2, 0.25) is 0 Å². The minimum absolute atomic E-state index is 0.151. The van der Waals surface area contributed by atoms with Gasteiger partial charge in [0.15, 0.2) is 0 Å². The Morgan fingerprint density at radius 2 is 1.68 bits per heavy atom. The topological polar surface area (TPSA) is 90.9 Å². The molecule has 0 spiro atoms. The number of methoxy groups -OCH3 is 2. The normalized spacial score (nSPS) is 9.88. The predicted molar refractivity (Wildman–Crippen MR) is 90.0 cm³/mol. The average molecular weight is 343 g/mol. The lowest BCUT2D eigenvalue weighted by atomic mass is 10.1. The Labute approximate surface area is 144 Å². The first-order valence-corrected chi connectivity index (χ1v) is 7.31. The first-order valence-electron chi connectivity index (χ1n) is 7.31. The number of hydrogen-bond acceptors (Lipinski definition) is 6. The van der Waals surface area contributed by atoms with Crippen LogP contribution in [0.25, 0.3) is 0 Å². The van der Waals surface area contributed by atoms with E-state index >= 15 is 0 Å². The van der Waals surface area contributed by atoms with E-state index < -0.39 is 17.8 Å². The molecule has 7 heteroatoms. The van der Waals surface area contributed by atoms with Gasteiger partial charge in [0.1, 0.15) is 11.5 Å². The van der Waals surface area contributed by atoms with Crippen LogP contribution < -0.4 is 14.8 Å². The summed E-state index contributed by atoms with van der Waals surface area (Å²) in [5.74, 6) is -1.09.